The Kier molecular flexibility index (Phi) is 11.6. The predicted octanol–water partition coefficient (Wildman–Crippen LogP) is 9.50. The van der Waals surface area contributed by atoms with Gasteiger partial charge >= 0.3 is 0 Å². The maximum atomic E-state index is 5.04. The maximum Gasteiger partial charge on any atom is 0.112 e. The Morgan fingerprint density at radius 1 is 0.743 bits per heavy atom. The van der Waals surface area contributed by atoms with Gasteiger partial charge in [-0.05, 0) is 30.4 Å². The van der Waals surface area contributed by atoms with Crippen molar-refractivity contribution in [3.8, 4) is 0 Å². The lowest BCUT2D eigenvalue weighted by molar-refractivity contribution is 0.322. The van der Waals surface area contributed by atoms with E-state index >= 15 is 0 Å². The number of benzene rings is 2. The van der Waals surface area contributed by atoms with Crippen LogP contribution in [0.15, 0.2) is 73.1 Å². The van der Waals surface area contributed by atoms with Crippen LogP contribution in [0.25, 0.3) is 0 Å². The zero-order valence-corrected chi connectivity index (χ0v) is 22.6. The number of aromatic nitrogens is 2. The summed E-state index contributed by atoms with van der Waals surface area (Å²) in [6.45, 7) is 8.17. The molecular formula is C33H48N2. The fourth-order valence-electron chi connectivity index (χ4n) is 5.66. The molecule has 0 amide bonds. The van der Waals surface area contributed by atoms with Gasteiger partial charge in [0.05, 0.1) is 0 Å². The molecule has 2 heteroatoms. The van der Waals surface area contributed by atoms with Gasteiger partial charge in [-0.25, -0.2) is 4.98 Å². The van der Waals surface area contributed by atoms with Crippen molar-refractivity contribution in [2.45, 2.75) is 116 Å². The fourth-order valence-corrected chi connectivity index (χ4v) is 5.66. The molecule has 0 aliphatic heterocycles. The Morgan fingerprint density at radius 3 is 2.03 bits per heavy atom. The highest BCUT2D eigenvalue weighted by molar-refractivity contribution is 5.33. The lowest BCUT2D eigenvalue weighted by Crippen LogP contribution is -2.35. The summed E-state index contributed by atoms with van der Waals surface area (Å²) in [5.74, 6) is 1.68. The quantitative estimate of drug-likeness (QED) is 0.179. The van der Waals surface area contributed by atoms with Crippen molar-refractivity contribution in [2.24, 2.45) is 0 Å². The van der Waals surface area contributed by atoms with Crippen LogP contribution in [0.1, 0.15) is 114 Å². The first-order chi connectivity index (χ1) is 17.2. The third kappa shape index (κ3) is 8.09. The summed E-state index contributed by atoms with van der Waals surface area (Å²) in [6.07, 6.45) is 19.6. The maximum absolute atomic E-state index is 5.04. The number of hydrogen-bond acceptors (Lipinski definition) is 1. The van der Waals surface area contributed by atoms with Crippen molar-refractivity contribution < 1.29 is 0 Å². The average Bonchev–Trinajstić information content (AvgIpc) is 3.35. The van der Waals surface area contributed by atoms with Crippen LogP contribution in [0.5, 0.6) is 0 Å². The first-order valence-corrected chi connectivity index (χ1v) is 14.3. The molecule has 0 saturated carbocycles. The first kappa shape index (κ1) is 27.2. The molecule has 3 rings (SSSR count). The lowest BCUT2D eigenvalue weighted by Gasteiger charge is -2.39. The molecule has 0 N–H and O–H groups in total. The Hall–Kier alpha value is -2.35. The van der Waals surface area contributed by atoms with E-state index in [4.69, 9.17) is 4.98 Å². The zero-order valence-electron chi connectivity index (χ0n) is 22.6. The summed E-state index contributed by atoms with van der Waals surface area (Å²) in [6, 6.07) is 22.3. The third-order valence-corrected chi connectivity index (χ3v) is 7.77. The van der Waals surface area contributed by atoms with Gasteiger partial charge in [-0.1, -0.05) is 139 Å². The second-order valence-corrected chi connectivity index (χ2v) is 10.6. The topological polar surface area (TPSA) is 17.8 Å². The van der Waals surface area contributed by atoms with E-state index in [2.05, 4.69) is 92.2 Å². The van der Waals surface area contributed by atoms with Gasteiger partial charge in [0.2, 0.25) is 0 Å². The van der Waals surface area contributed by atoms with Crippen LogP contribution < -0.4 is 0 Å². The van der Waals surface area contributed by atoms with E-state index in [1.54, 1.807) is 0 Å². The molecule has 3 aromatic rings. The van der Waals surface area contributed by atoms with Crippen molar-refractivity contribution in [3.63, 3.8) is 0 Å². The molecule has 2 unspecified atom stereocenters. The van der Waals surface area contributed by atoms with Crippen molar-refractivity contribution in [1.29, 1.82) is 0 Å². The standard InChI is InChI=1S/C33H48N2/c1-4-6-8-10-11-19-26-35-27-25-34-32(35)31(24-18-9-7-5-2)33(3,30-22-16-13-17-23-30)28-29-20-14-12-15-21-29/h12-17,20-23,25,27,31H,4-11,18-19,24,26,28H2,1-3H3. The van der Waals surface area contributed by atoms with Gasteiger partial charge in [0.1, 0.15) is 5.82 Å². The summed E-state index contributed by atoms with van der Waals surface area (Å²) in [5, 5.41) is 0. The molecule has 2 nitrogen and oxygen atoms in total. The second kappa shape index (κ2) is 14.9. The van der Waals surface area contributed by atoms with E-state index in [-0.39, 0.29) is 5.41 Å². The highest BCUT2D eigenvalue weighted by Crippen LogP contribution is 2.44. The Morgan fingerprint density at radius 2 is 1.34 bits per heavy atom. The predicted molar refractivity (Wildman–Crippen MR) is 151 cm³/mol. The Labute approximate surface area is 215 Å². The van der Waals surface area contributed by atoms with Crippen LogP contribution in [0.4, 0.5) is 0 Å². The molecule has 2 atom stereocenters. The first-order valence-electron chi connectivity index (χ1n) is 14.3. The highest BCUT2D eigenvalue weighted by atomic mass is 15.1. The zero-order chi connectivity index (χ0) is 24.8. The molecule has 0 radical (unpaired) electrons. The normalized spacial score (nSPS) is 14.0. The van der Waals surface area contributed by atoms with Crippen LogP contribution in [0.2, 0.25) is 0 Å². The van der Waals surface area contributed by atoms with E-state index in [9.17, 15) is 0 Å². The minimum atomic E-state index is -0.0148. The van der Waals surface area contributed by atoms with Gasteiger partial charge < -0.3 is 4.57 Å². The average molecular weight is 473 g/mol. The van der Waals surface area contributed by atoms with Gasteiger partial charge in [-0.15, -0.1) is 0 Å². The van der Waals surface area contributed by atoms with Crippen LogP contribution in [-0.4, -0.2) is 9.55 Å². The third-order valence-electron chi connectivity index (χ3n) is 7.77. The van der Waals surface area contributed by atoms with Crippen molar-refractivity contribution in [1.82, 2.24) is 9.55 Å². The molecular weight excluding hydrogens is 424 g/mol. The largest absolute Gasteiger partial charge is 0.335 e. The number of imidazole rings is 1. The lowest BCUT2D eigenvalue weighted by atomic mass is 9.66. The summed E-state index contributed by atoms with van der Waals surface area (Å²) in [5.41, 5.74) is 2.82. The Balaban J connectivity index is 1.89. The number of unbranched alkanes of at least 4 members (excludes halogenated alkanes) is 8. The molecule has 190 valence electrons. The van der Waals surface area contributed by atoms with Crippen LogP contribution in [-0.2, 0) is 18.4 Å². The molecule has 0 spiro atoms. The molecule has 2 aromatic carbocycles. The smallest absolute Gasteiger partial charge is 0.112 e. The SMILES string of the molecule is CCCCCCCCn1ccnc1C(CCCCCC)C(C)(Cc1ccccc1)c1ccccc1. The number of hydrogen-bond donors (Lipinski definition) is 0. The molecule has 0 saturated heterocycles. The minimum Gasteiger partial charge on any atom is -0.335 e. The second-order valence-electron chi connectivity index (χ2n) is 10.6. The van der Waals surface area contributed by atoms with Crippen molar-refractivity contribution in [3.05, 3.63) is 90.0 Å². The number of aryl methyl sites for hydroxylation is 1. The van der Waals surface area contributed by atoms with E-state index in [0.717, 1.165) is 13.0 Å². The molecule has 0 fully saturated rings. The number of nitrogens with zero attached hydrogens (tertiary/aromatic N) is 2. The van der Waals surface area contributed by atoms with E-state index in [0.29, 0.717) is 5.92 Å². The van der Waals surface area contributed by atoms with E-state index in [1.165, 1.54) is 87.6 Å². The number of rotatable bonds is 17. The summed E-state index contributed by atoms with van der Waals surface area (Å²) in [4.78, 5) is 5.04. The Bertz CT molecular complexity index is 930. The molecule has 35 heavy (non-hydrogen) atoms. The molecule has 0 bridgehead atoms. The monoisotopic (exact) mass is 472 g/mol. The summed E-state index contributed by atoms with van der Waals surface area (Å²) in [7, 11) is 0. The van der Waals surface area contributed by atoms with Crippen molar-refractivity contribution in [2.75, 3.05) is 0 Å². The van der Waals surface area contributed by atoms with Crippen molar-refractivity contribution >= 4 is 0 Å². The summed E-state index contributed by atoms with van der Waals surface area (Å²) < 4.78 is 2.48. The summed E-state index contributed by atoms with van der Waals surface area (Å²) >= 11 is 0. The molecule has 1 heterocycles. The van der Waals surface area contributed by atoms with Gasteiger partial charge in [0, 0.05) is 30.3 Å². The van der Waals surface area contributed by atoms with Crippen LogP contribution in [0, 0.1) is 0 Å². The van der Waals surface area contributed by atoms with Crippen LogP contribution >= 0.6 is 0 Å². The van der Waals surface area contributed by atoms with Gasteiger partial charge in [0.15, 0.2) is 0 Å². The van der Waals surface area contributed by atoms with Gasteiger partial charge in [-0.3, -0.25) is 0 Å². The molecule has 0 aliphatic carbocycles. The van der Waals surface area contributed by atoms with E-state index < -0.39 is 0 Å². The highest BCUT2D eigenvalue weighted by Gasteiger charge is 2.39. The molecule has 0 aliphatic rings. The molecule has 1 aromatic heterocycles. The van der Waals surface area contributed by atoms with Gasteiger partial charge in [0.25, 0.3) is 0 Å². The van der Waals surface area contributed by atoms with Gasteiger partial charge in [-0.2, -0.15) is 0 Å². The minimum absolute atomic E-state index is 0.0148. The van der Waals surface area contributed by atoms with E-state index in [1.807, 2.05) is 6.20 Å². The fraction of sp³-hybridized carbons (Fsp3) is 0.545. The van der Waals surface area contributed by atoms with Crippen LogP contribution in [0.3, 0.4) is 0 Å².